The third kappa shape index (κ3) is 4.57. The Labute approximate surface area is 200 Å². The summed E-state index contributed by atoms with van der Waals surface area (Å²) in [6.07, 6.45) is 5.30. The number of piperidine rings is 1. The molecule has 0 saturated carbocycles. The van der Waals surface area contributed by atoms with Gasteiger partial charge in [0.25, 0.3) is 5.56 Å². The lowest BCUT2D eigenvalue weighted by molar-refractivity contribution is 0.226. The number of hydrogen-bond donors (Lipinski definition) is 1. The van der Waals surface area contributed by atoms with Crippen molar-refractivity contribution in [3.05, 3.63) is 69.5 Å². The third-order valence-corrected chi connectivity index (χ3v) is 7.06. The van der Waals surface area contributed by atoms with Crippen molar-refractivity contribution in [3.8, 4) is 17.1 Å². The maximum absolute atomic E-state index is 13.3. The van der Waals surface area contributed by atoms with Crippen LogP contribution < -0.4 is 15.6 Å². The SMILES string of the molecule is CCN1CCC[C@@H](Nc2nnc(-c3ccc4c(c3OCc3ccccc3)CCC4)n(C)c2=O)C1. The van der Waals surface area contributed by atoms with E-state index in [2.05, 4.69) is 45.5 Å². The number of nitrogens with one attached hydrogen (secondary N) is 1. The van der Waals surface area contributed by atoms with E-state index in [1.165, 1.54) is 11.1 Å². The summed E-state index contributed by atoms with van der Waals surface area (Å²) in [6, 6.07) is 14.5. The molecule has 0 unspecified atom stereocenters. The monoisotopic (exact) mass is 459 g/mol. The van der Waals surface area contributed by atoms with Gasteiger partial charge in [-0.1, -0.05) is 43.3 Å². The number of aromatic nitrogens is 3. The Morgan fingerprint density at radius 3 is 2.76 bits per heavy atom. The van der Waals surface area contributed by atoms with Crippen LogP contribution in [0.25, 0.3) is 11.4 Å². The molecule has 3 aromatic rings. The smallest absolute Gasteiger partial charge is 0.296 e. The van der Waals surface area contributed by atoms with Crippen LogP contribution in [-0.4, -0.2) is 45.3 Å². The van der Waals surface area contributed by atoms with E-state index in [9.17, 15) is 4.79 Å². The van der Waals surface area contributed by atoms with Gasteiger partial charge in [0, 0.05) is 19.6 Å². The largest absolute Gasteiger partial charge is 0.488 e. The normalized spacial score (nSPS) is 18.0. The van der Waals surface area contributed by atoms with Crippen LogP contribution in [-0.2, 0) is 26.5 Å². The zero-order chi connectivity index (χ0) is 23.5. The summed E-state index contributed by atoms with van der Waals surface area (Å²) in [4.78, 5) is 15.7. The molecule has 0 radical (unpaired) electrons. The van der Waals surface area contributed by atoms with Crippen molar-refractivity contribution in [2.24, 2.45) is 7.05 Å². The number of benzene rings is 2. The summed E-state index contributed by atoms with van der Waals surface area (Å²) in [5, 5.41) is 12.2. The summed E-state index contributed by atoms with van der Waals surface area (Å²) >= 11 is 0. The molecular weight excluding hydrogens is 426 g/mol. The molecule has 34 heavy (non-hydrogen) atoms. The topological polar surface area (TPSA) is 72.3 Å². The number of anilines is 1. The fourth-order valence-electron chi connectivity index (χ4n) is 5.14. The zero-order valence-corrected chi connectivity index (χ0v) is 20.1. The van der Waals surface area contributed by atoms with Crippen LogP contribution in [0.4, 0.5) is 5.82 Å². The van der Waals surface area contributed by atoms with Crippen molar-refractivity contribution in [1.29, 1.82) is 0 Å². The van der Waals surface area contributed by atoms with Gasteiger partial charge in [0.15, 0.2) is 5.82 Å². The first-order chi connectivity index (χ1) is 16.6. The average Bonchev–Trinajstić information content (AvgIpc) is 3.36. The summed E-state index contributed by atoms with van der Waals surface area (Å²) < 4.78 is 7.99. The molecule has 0 amide bonds. The molecule has 1 atom stereocenters. The standard InChI is InChI=1S/C27H33N5O2/c1-3-32-16-8-12-21(17-32)28-25-27(33)31(2)26(30-29-25)23-15-14-20-11-7-13-22(20)24(23)34-18-19-9-5-4-6-10-19/h4-6,9-10,14-15,21H,3,7-8,11-13,16-18H2,1-2H3,(H,28,29)/t21-/m1/s1. The highest BCUT2D eigenvalue weighted by atomic mass is 16.5. The second kappa shape index (κ2) is 9.97. The highest BCUT2D eigenvalue weighted by molar-refractivity contribution is 5.69. The number of ether oxygens (including phenoxy) is 1. The zero-order valence-electron chi connectivity index (χ0n) is 20.1. The third-order valence-electron chi connectivity index (χ3n) is 7.06. The van der Waals surface area contributed by atoms with Gasteiger partial charge in [-0.2, -0.15) is 0 Å². The van der Waals surface area contributed by atoms with Crippen LogP contribution in [0.15, 0.2) is 47.3 Å². The first-order valence-corrected chi connectivity index (χ1v) is 12.4. The molecule has 1 aliphatic heterocycles. The fourth-order valence-corrected chi connectivity index (χ4v) is 5.14. The molecule has 7 heteroatoms. The number of nitrogens with zero attached hydrogens (tertiary/aromatic N) is 4. The van der Waals surface area contributed by atoms with E-state index in [4.69, 9.17) is 4.74 Å². The molecule has 0 bridgehead atoms. The van der Waals surface area contributed by atoms with E-state index < -0.39 is 0 Å². The summed E-state index contributed by atoms with van der Waals surface area (Å²) in [7, 11) is 1.77. The van der Waals surface area contributed by atoms with E-state index in [0.717, 1.165) is 68.6 Å². The van der Waals surface area contributed by atoms with Gasteiger partial charge in [-0.15, -0.1) is 10.2 Å². The van der Waals surface area contributed by atoms with Crippen LogP contribution in [0.1, 0.15) is 42.9 Å². The Kier molecular flexibility index (Phi) is 6.63. The Morgan fingerprint density at radius 1 is 1.09 bits per heavy atom. The second-order valence-corrected chi connectivity index (χ2v) is 9.32. The van der Waals surface area contributed by atoms with Crippen molar-refractivity contribution in [2.75, 3.05) is 25.0 Å². The maximum Gasteiger partial charge on any atom is 0.296 e. The fraction of sp³-hybridized carbons (Fsp3) is 0.444. The van der Waals surface area contributed by atoms with Crippen LogP contribution >= 0.6 is 0 Å². The molecular formula is C27H33N5O2. The number of likely N-dealkylation sites (tertiary alicyclic amines) is 1. The molecule has 7 nitrogen and oxygen atoms in total. The first-order valence-electron chi connectivity index (χ1n) is 12.4. The predicted octanol–water partition coefficient (Wildman–Crippen LogP) is 3.81. The van der Waals surface area contributed by atoms with E-state index in [-0.39, 0.29) is 11.6 Å². The van der Waals surface area contributed by atoms with Crippen molar-refractivity contribution in [3.63, 3.8) is 0 Å². The number of rotatable bonds is 7. The van der Waals surface area contributed by atoms with E-state index >= 15 is 0 Å². The lowest BCUT2D eigenvalue weighted by Crippen LogP contribution is -2.43. The predicted molar refractivity (Wildman–Crippen MR) is 134 cm³/mol. The van der Waals surface area contributed by atoms with Crippen molar-refractivity contribution >= 4 is 5.82 Å². The minimum atomic E-state index is -0.159. The van der Waals surface area contributed by atoms with Crippen LogP contribution in [0.5, 0.6) is 5.75 Å². The van der Waals surface area contributed by atoms with Crippen molar-refractivity contribution in [1.82, 2.24) is 19.7 Å². The molecule has 1 saturated heterocycles. The Morgan fingerprint density at radius 2 is 1.94 bits per heavy atom. The van der Waals surface area contributed by atoms with Gasteiger partial charge in [-0.25, -0.2) is 0 Å². The molecule has 2 aromatic carbocycles. The molecule has 1 aliphatic carbocycles. The molecule has 1 fully saturated rings. The molecule has 1 N–H and O–H groups in total. The molecule has 0 spiro atoms. The van der Waals surface area contributed by atoms with Crippen LogP contribution in [0.3, 0.4) is 0 Å². The minimum Gasteiger partial charge on any atom is -0.488 e. The highest BCUT2D eigenvalue weighted by Gasteiger charge is 2.24. The van der Waals surface area contributed by atoms with Crippen molar-refractivity contribution < 1.29 is 4.74 Å². The quantitative estimate of drug-likeness (QED) is 0.579. The molecule has 178 valence electrons. The van der Waals surface area contributed by atoms with E-state index in [1.807, 2.05) is 24.3 Å². The first kappa shape index (κ1) is 22.6. The Hall–Kier alpha value is -3.19. The summed E-state index contributed by atoms with van der Waals surface area (Å²) in [5.41, 5.74) is 4.32. The number of aryl methyl sites for hydroxylation is 1. The number of fused-ring (bicyclic) bond motifs is 1. The maximum atomic E-state index is 13.3. The van der Waals surface area contributed by atoms with Crippen molar-refractivity contribution in [2.45, 2.75) is 51.7 Å². The van der Waals surface area contributed by atoms with Gasteiger partial charge < -0.3 is 15.0 Å². The van der Waals surface area contributed by atoms with E-state index in [0.29, 0.717) is 18.2 Å². The van der Waals surface area contributed by atoms with Gasteiger partial charge in [-0.05, 0) is 68.0 Å². The van der Waals surface area contributed by atoms with Gasteiger partial charge in [-0.3, -0.25) is 9.36 Å². The van der Waals surface area contributed by atoms with Crippen LogP contribution in [0, 0.1) is 0 Å². The minimum absolute atomic E-state index is 0.159. The number of hydrogen-bond acceptors (Lipinski definition) is 6. The highest BCUT2D eigenvalue weighted by Crippen LogP contribution is 2.38. The average molecular weight is 460 g/mol. The van der Waals surface area contributed by atoms with Gasteiger partial charge in [0.05, 0.1) is 5.56 Å². The van der Waals surface area contributed by atoms with E-state index in [1.54, 1.807) is 11.6 Å². The molecule has 5 rings (SSSR count). The lowest BCUT2D eigenvalue weighted by atomic mass is 10.0. The second-order valence-electron chi connectivity index (χ2n) is 9.32. The molecule has 1 aromatic heterocycles. The summed E-state index contributed by atoms with van der Waals surface area (Å²) in [6.45, 7) is 5.70. The molecule has 2 heterocycles. The van der Waals surface area contributed by atoms with Gasteiger partial charge in [0.1, 0.15) is 12.4 Å². The van der Waals surface area contributed by atoms with Crippen LogP contribution in [0.2, 0.25) is 0 Å². The molecule has 2 aliphatic rings. The Bertz CT molecular complexity index is 1210. The summed E-state index contributed by atoms with van der Waals surface area (Å²) in [5.74, 6) is 1.68. The number of likely N-dealkylation sites (N-methyl/N-ethyl adjacent to an activating group) is 1. The van der Waals surface area contributed by atoms with Gasteiger partial charge >= 0.3 is 0 Å². The lowest BCUT2D eigenvalue weighted by Gasteiger charge is -2.32. The Balaban J connectivity index is 1.45. The van der Waals surface area contributed by atoms with Gasteiger partial charge in [0.2, 0.25) is 5.82 Å².